The number of sulfonamides is 1. The van der Waals surface area contributed by atoms with Crippen molar-refractivity contribution in [2.75, 3.05) is 14.2 Å². The van der Waals surface area contributed by atoms with Gasteiger partial charge in [-0.05, 0) is 60.2 Å². The summed E-state index contributed by atoms with van der Waals surface area (Å²) >= 11 is 5.99. The van der Waals surface area contributed by atoms with E-state index in [0.717, 1.165) is 5.56 Å². The van der Waals surface area contributed by atoms with Crippen LogP contribution in [0.5, 0.6) is 11.5 Å². The number of carbonyl (C=O) groups is 1. The average molecular weight is 568 g/mol. The number of benzene rings is 3. The molecule has 0 aliphatic rings. The number of amides is 1. The molecule has 1 heterocycles. The van der Waals surface area contributed by atoms with Gasteiger partial charge in [0.05, 0.1) is 31.9 Å². The molecule has 202 valence electrons. The predicted octanol–water partition coefficient (Wildman–Crippen LogP) is 5.11. The van der Waals surface area contributed by atoms with E-state index in [1.807, 2.05) is 0 Å². The number of furan rings is 1. The fourth-order valence-corrected chi connectivity index (χ4v) is 5.22. The van der Waals surface area contributed by atoms with Gasteiger partial charge in [0.1, 0.15) is 11.5 Å². The largest absolute Gasteiger partial charge is 0.493 e. The zero-order valence-corrected chi connectivity index (χ0v) is 22.8. The van der Waals surface area contributed by atoms with Gasteiger partial charge in [0.15, 0.2) is 11.5 Å². The number of ether oxygens (including phenoxy) is 2. The molecule has 1 amide bonds. The Morgan fingerprint density at radius 2 is 1.67 bits per heavy atom. The van der Waals surface area contributed by atoms with Gasteiger partial charge in [0.2, 0.25) is 10.0 Å². The minimum atomic E-state index is -3.84. The number of nitrogens with zero attached hydrogens (tertiary/aromatic N) is 2. The normalized spacial score (nSPS) is 11.6. The SMILES string of the molecule is COc1ccc(C(=O)N/N=C\c2ccc(CN(Cc3ccc(Cl)cc3)S(=O)(=O)c3ccccc3)o2)cc1OC. The van der Waals surface area contributed by atoms with Crippen LogP contribution in [0, 0.1) is 0 Å². The minimum absolute atomic E-state index is 0.0221. The zero-order chi connectivity index (χ0) is 27.8. The first-order valence-electron chi connectivity index (χ1n) is 11.7. The smallest absolute Gasteiger partial charge is 0.271 e. The van der Waals surface area contributed by atoms with Crippen LogP contribution in [0.4, 0.5) is 0 Å². The molecular formula is C28H26ClN3O6S. The van der Waals surface area contributed by atoms with E-state index < -0.39 is 15.9 Å². The van der Waals surface area contributed by atoms with Crippen molar-refractivity contribution in [3.8, 4) is 11.5 Å². The van der Waals surface area contributed by atoms with Gasteiger partial charge in [0, 0.05) is 17.1 Å². The summed E-state index contributed by atoms with van der Waals surface area (Å²) in [6.07, 6.45) is 1.33. The van der Waals surface area contributed by atoms with E-state index in [0.29, 0.717) is 33.6 Å². The number of nitrogens with one attached hydrogen (secondary N) is 1. The molecule has 0 bridgehead atoms. The standard InChI is InChI=1S/C28H26ClN3O6S/c1-36-26-15-10-21(16-27(26)37-2)28(33)31-30-17-23-13-14-24(38-23)19-32(18-20-8-11-22(29)12-9-20)39(34,35)25-6-4-3-5-7-25/h3-17H,18-19H2,1-2H3,(H,31,33)/b30-17-. The quantitative estimate of drug-likeness (QED) is 0.199. The lowest BCUT2D eigenvalue weighted by molar-refractivity contribution is 0.0954. The van der Waals surface area contributed by atoms with Gasteiger partial charge >= 0.3 is 0 Å². The fraction of sp³-hybridized carbons (Fsp3) is 0.143. The van der Waals surface area contributed by atoms with E-state index in [-0.39, 0.29) is 18.0 Å². The first-order valence-corrected chi connectivity index (χ1v) is 13.6. The van der Waals surface area contributed by atoms with Crippen LogP contribution in [-0.4, -0.2) is 39.1 Å². The van der Waals surface area contributed by atoms with Crippen molar-refractivity contribution < 1.29 is 27.1 Å². The van der Waals surface area contributed by atoms with Crippen LogP contribution in [0.1, 0.15) is 27.4 Å². The van der Waals surface area contributed by atoms with Crippen LogP contribution in [0.2, 0.25) is 5.02 Å². The summed E-state index contributed by atoms with van der Waals surface area (Å²) in [6.45, 7) is 0.0889. The van der Waals surface area contributed by atoms with Gasteiger partial charge in [-0.15, -0.1) is 0 Å². The molecule has 0 unspecified atom stereocenters. The molecule has 1 N–H and O–H groups in total. The Morgan fingerprint density at radius 3 is 2.36 bits per heavy atom. The van der Waals surface area contributed by atoms with Gasteiger partial charge in [-0.25, -0.2) is 13.8 Å². The molecule has 0 aliphatic carbocycles. The van der Waals surface area contributed by atoms with Crippen molar-refractivity contribution >= 4 is 33.7 Å². The third-order valence-corrected chi connectivity index (χ3v) is 7.73. The Morgan fingerprint density at radius 1 is 0.949 bits per heavy atom. The van der Waals surface area contributed by atoms with E-state index in [1.165, 1.54) is 30.8 Å². The number of hydrogen-bond donors (Lipinski definition) is 1. The number of hydrazone groups is 1. The highest BCUT2D eigenvalue weighted by molar-refractivity contribution is 7.89. The first kappa shape index (κ1) is 27.9. The van der Waals surface area contributed by atoms with E-state index in [1.54, 1.807) is 78.9 Å². The molecule has 0 saturated carbocycles. The number of rotatable bonds is 11. The fourth-order valence-electron chi connectivity index (χ4n) is 3.68. The summed E-state index contributed by atoms with van der Waals surface area (Å²) in [5.41, 5.74) is 3.52. The Kier molecular flexibility index (Phi) is 9.03. The van der Waals surface area contributed by atoms with Crippen molar-refractivity contribution in [3.05, 3.63) is 113 Å². The molecule has 1 aromatic heterocycles. The summed E-state index contributed by atoms with van der Waals surface area (Å²) < 4.78 is 44.4. The van der Waals surface area contributed by atoms with E-state index in [2.05, 4.69) is 10.5 Å². The second-order valence-electron chi connectivity index (χ2n) is 8.29. The molecular weight excluding hydrogens is 542 g/mol. The van der Waals surface area contributed by atoms with Crippen LogP contribution in [0.3, 0.4) is 0 Å². The maximum absolute atomic E-state index is 13.5. The lowest BCUT2D eigenvalue weighted by Gasteiger charge is -2.21. The molecule has 0 saturated heterocycles. The van der Waals surface area contributed by atoms with E-state index >= 15 is 0 Å². The molecule has 0 aliphatic heterocycles. The van der Waals surface area contributed by atoms with Gasteiger partial charge in [-0.3, -0.25) is 4.79 Å². The predicted molar refractivity (Wildman–Crippen MR) is 148 cm³/mol. The van der Waals surface area contributed by atoms with Crippen LogP contribution >= 0.6 is 11.6 Å². The molecule has 0 radical (unpaired) electrons. The lowest BCUT2D eigenvalue weighted by atomic mass is 10.2. The van der Waals surface area contributed by atoms with Crippen LogP contribution in [0.15, 0.2) is 99.3 Å². The molecule has 0 spiro atoms. The Labute approximate surface area is 231 Å². The molecule has 4 aromatic rings. The van der Waals surface area contributed by atoms with Crippen molar-refractivity contribution in [2.45, 2.75) is 18.0 Å². The van der Waals surface area contributed by atoms with Crippen LogP contribution < -0.4 is 14.9 Å². The van der Waals surface area contributed by atoms with Gasteiger partial charge in [-0.1, -0.05) is 41.9 Å². The van der Waals surface area contributed by atoms with Gasteiger partial charge < -0.3 is 13.9 Å². The van der Waals surface area contributed by atoms with Crippen molar-refractivity contribution in [3.63, 3.8) is 0 Å². The summed E-state index contributed by atoms with van der Waals surface area (Å²) in [4.78, 5) is 12.6. The second-order valence-corrected chi connectivity index (χ2v) is 10.7. The first-order chi connectivity index (χ1) is 18.8. The number of halogens is 1. The van der Waals surface area contributed by atoms with E-state index in [4.69, 9.17) is 25.5 Å². The Hall–Kier alpha value is -4.12. The molecule has 0 atom stereocenters. The highest BCUT2D eigenvalue weighted by Crippen LogP contribution is 2.27. The Bertz CT molecular complexity index is 1550. The topological polar surface area (TPSA) is 110 Å². The van der Waals surface area contributed by atoms with Crippen LogP contribution in [-0.2, 0) is 23.1 Å². The van der Waals surface area contributed by atoms with Gasteiger partial charge in [-0.2, -0.15) is 9.41 Å². The van der Waals surface area contributed by atoms with Crippen molar-refractivity contribution in [1.29, 1.82) is 0 Å². The highest BCUT2D eigenvalue weighted by Gasteiger charge is 2.26. The maximum Gasteiger partial charge on any atom is 0.271 e. The minimum Gasteiger partial charge on any atom is -0.493 e. The molecule has 4 rings (SSSR count). The second kappa shape index (κ2) is 12.6. The van der Waals surface area contributed by atoms with Crippen molar-refractivity contribution in [1.82, 2.24) is 9.73 Å². The molecule has 9 nitrogen and oxygen atoms in total. The molecule has 11 heteroatoms. The zero-order valence-electron chi connectivity index (χ0n) is 21.2. The summed E-state index contributed by atoms with van der Waals surface area (Å²) in [5, 5.41) is 4.51. The molecule has 3 aromatic carbocycles. The molecule has 39 heavy (non-hydrogen) atoms. The Balaban J connectivity index is 1.47. The summed E-state index contributed by atoms with van der Waals surface area (Å²) in [5.74, 6) is 1.19. The van der Waals surface area contributed by atoms with E-state index in [9.17, 15) is 13.2 Å². The van der Waals surface area contributed by atoms with Crippen molar-refractivity contribution in [2.24, 2.45) is 5.10 Å². The molecule has 0 fully saturated rings. The number of hydrogen-bond acceptors (Lipinski definition) is 7. The number of carbonyl (C=O) groups excluding carboxylic acids is 1. The monoisotopic (exact) mass is 567 g/mol. The third kappa shape index (κ3) is 7.05. The maximum atomic E-state index is 13.5. The lowest BCUT2D eigenvalue weighted by Crippen LogP contribution is -2.30. The average Bonchev–Trinajstić information content (AvgIpc) is 3.40. The number of methoxy groups -OCH3 is 2. The van der Waals surface area contributed by atoms with Gasteiger partial charge in [0.25, 0.3) is 5.91 Å². The summed E-state index contributed by atoms with van der Waals surface area (Å²) in [7, 11) is -0.850. The summed E-state index contributed by atoms with van der Waals surface area (Å²) in [6, 6.07) is 23.2. The highest BCUT2D eigenvalue weighted by atomic mass is 35.5. The third-order valence-electron chi connectivity index (χ3n) is 5.67. The van der Waals surface area contributed by atoms with Crippen LogP contribution in [0.25, 0.3) is 0 Å².